The first-order chi connectivity index (χ1) is 6.63. The molecule has 0 amide bonds. The van der Waals surface area contributed by atoms with Crippen LogP contribution in [0.1, 0.15) is 19.8 Å². The summed E-state index contributed by atoms with van der Waals surface area (Å²) in [7, 11) is 1.36. The molecule has 0 aromatic carbocycles. The summed E-state index contributed by atoms with van der Waals surface area (Å²) in [5.74, 6) is -0.758. The van der Waals surface area contributed by atoms with Crippen molar-refractivity contribution in [2.75, 3.05) is 7.11 Å². The van der Waals surface area contributed by atoms with E-state index in [2.05, 4.69) is 4.74 Å². The van der Waals surface area contributed by atoms with Crippen molar-refractivity contribution in [1.29, 1.82) is 0 Å². The van der Waals surface area contributed by atoms with E-state index in [0.717, 1.165) is 0 Å². The number of carbonyl (C=O) groups is 2. The van der Waals surface area contributed by atoms with Gasteiger partial charge in [0.1, 0.15) is 6.10 Å². The number of rotatable bonds is 2. The predicted molar refractivity (Wildman–Crippen MR) is 49.4 cm³/mol. The predicted octanol–water partition coefficient (Wildman–Crippen LogP) is 1.06. The molecular formula is C10H14O4. The largest absolute Gasteiger partial charge is 0.469 e. The van der Waals surface area contributed by atoms with E-state index < -0.39 is 0 Å². The lowest BCUT2D eigenvalue weighted by Gasteiger charge is -2.22. The fourth-order valence-electron chi connectivity index (χ4n) is 1.51. The third-order valence-corrected chi connectivity index (χ3v) is 2.14. The highest BCUT2D eigenvalue weighted by Gasteiger charge is 2.26. The average Bonchev–Trinajstić information content (AvgIpc) is 2.16. The number of allylic oxidation sites excluding steroid dienone is 1. The van der Waals surface area contributed by atoms with Crippen molar-refractivity contribution in [1.82, 2.24) is 0 Å². The molecule has 0 N–H and O–H groups in total. The number of hydrogen-bond donors (Lipinski definition) is 0. The van der Waals surface area contributed by atoms with E-state index >= 15 is 0 Å². The Morgan fingerprint density at radius 2 is 2.14 bits per heavy atom. The molecule has 1 aliphatic carbocycles. The zero-order chi connectivity index (χ0) is 10.6. The van der Waals surface area contributed by atoms with E-state index in [4.69, 9.17) is 4.74 Å². The van der Waals surface area contributed by atoms with Gasteiger partial charge in [0.25, 0.3) is 0 Å². The minimum Gasteiger partial charge on any atom is -0.469 e. The first-order valence-electron chi connectivity index (χ1n) is 4.55. The maximum absolute atomic E-state index is 11.2. The highest BCUT2D eigenvalue weighted by Crippen LogP contribution is 2.21. The summed E-state index contributed by atoms with van der Waals surface area (Å²) >= 11 is 0. The number of methoxy groups -OCH3 is 1. The molecule has 0 spiro atoms. The molecule has 1 aliphatic rings. The summed E-state index contributed by atoms with van der Waals surface area (Å²) in [6, 6.07) is 0. The van der Waals surface area contributed by atoms with Gasteiger partial charge in [-0.15, -0.1) is 0 Å². The Balaban J connectivity index is 2.51. The molecule has 0 aromatic rings. The minimum atomic E-state index is -0.329. The Hall–Kier alpha value is -1.32. The van der Waals surface area contributed by atoms with Crippen molar-refractivity contribution in [2.45, 2.75) is 25.9 Å². The normalized spacial score (nSPS) is 25.6. The van der Waals surface area contributed by atoms with Gasteiger partial charge in [-0.1, -0.05) is 6.08 Å². The van der Waals surface area contributed by atoms with Crippen LogP contribution in [0.15, 0.2) is 12.2 Å². The molecule has 0 aliphatic heterocycles. The monoisotopic (exact) mass is 198 g/mol. The molecular weight excluding hydrogens is 184 g/mol. The minimum absolute atomic E-state index is 0.186. The lowest BCUT2D eigenvalue weighted by molar-refractivity contribution is -0.151. The van der Waals surface area contributed by atoms with Gasteiger partial charge < -0.3 is 9.47 Å². The Morgan fingerprint density at radius 1 is 1.43 bits per heavy atom. The van der Waals surface area contributed by atoms with Crippen LogP contribution in [0.4, 0.5) is 0 Å². The molecule has 0 bridgehead atoms. The van der Waals surface area contributed by atoms with E-state index in [9.17, 15) is 9.59 Å². The van der Waals surface area contributed by atoms with Crippen LogP contribution in [0.25, 0.3) is 0 Å². The van der Waals surface area contributed by atoms with Gasteiger partial charge in [0.15, 0.2) is 0 Å². The number of ether oxygens (including phenoxy) is 2. The van der Waals surface area contributed by atoms with E-state index in [1.54, 1.807) is 6.08 Å². The third kappa shape index (κ3) is 2.87. The second-order valence-corrected chi connectivity index (χ2v) is 3.27. The molecule has 1 rings (SSSR count). The van der Waals surface area contributed by atoms with Gasteiger partial charge in [-0.2, -0.15) is 0 Å². The Bertz CT molecular complexity index is 257. The molecule has 0 heterocycles. The van der Waals surface area contributed by atoms with Crippen LogP contribution >= 0.6 is 0 Å². The molecule has 0 aromatic heterocycles. The maximum atomic E-state index is 11.2. The molecule has 0 saturated heterocycles. The van der Waals surface area contributed by atoms with Crippen LogP contribution in [-0.2, 0) is 19.1 Å². The van der Waals surface area contributed by atoms with Crippen LogP contribution < -0.4 is 0 Å². The van der Waals surface area contributed by atoms with Crippen molar-refractivity contribution in [3.63, 3.8) is 0 Å². The van der Waals surface area contributed by atoms with E-state index in [0.29, 0.717) is 12.8 Å². The van der Waals surface area contributed by atoms with Crippen molar-refractivity contribution < 1.29 is 19.1 Å². The smallest absolute Gasteiger partial charge is 0.309 e. The van der Waals surface area contributed by atoms with Gasteiger partial charge in [0, 0.05) is 13.3 Å². The van der Waals surface area contributed by atoms with Gasteiger partial charge in [-0.3, -0.25) is 9.59 Å². The van der Waals surface area contributed by atoms with E-state index in [-0.39, 0.29) is 24.0 Å². The Kier molecular flexibility index (Phi) is 3.68. The highest BCUT2D eigenvalue weighted by molar-refractivity contribution is 5.73. The molecule has 0 saturated carbocycles. The average molecular weight is 198 g/mol. The van der Waals surface area contributed by atoms with Crippen molar-refractivity contribution in [3.8, 4) is 0 Å². The van der Waals surface area contributed by atoms with Crippen molar-refractivity contribution in [2.24, 2.45) is 5.92 Å². The van der Waals surface area contributed by atoms with Crippen LogP contribution in [0.2, 0.25) is 0 Å². The van der Waals surface area contributed by atoms with Crippen LogP contribution in [0, 0.1) is 5.92 Å². The quantitative estimate of drug-likeness (QED) is 0.491. The van der Waals surface area contributed by atoms with Crippen molar-refractivity contribution in [3.05, 3.63) is 12.2 Å². The standard InChI is InChI=1S/C10H14O4/c1-7(11)14-9-5-3-4-8(6-9)10(12)13-2/h3,5,8-9H,4,6H2,1-2H3/t8-,9-/m0/s1. The van der Waals surface area contributed by atoms with E-state index in [1.807, 2.05) is 6.08 Å². The summed E-state index contributed by atoms with van der Waals surface area (Å²) in [6.45, 7) is 1.36. The lowest BCUT2D eigenvalue weighted by atomic mass is 9.92. The van der Waals surface area contributed by atoms with Crippen LogP contribution in [0.3, 0.4) is 0 Å². The van der Waals surface area contributed by atoms with Gasteiger partial charge in [-0.05, 0) is 12.5 Å². The van der Waals surface area contributed by atoms with Gasteiger partial charge in [0.2, 0.25) is 0 Å². The molecule has 78 valence electrons. The van der Waals surface area contributed by atoms with Gasteiger partial charge in [0.05, 0.1) is 13.0 Å². The summed E-state index contributed by atoms with van der Waals surface area (Å²) in [4.78, 5) is 21.9. The Labute approximate surface area is 82.9 Å². The molecule has 2 atom stereocenters. The van der Waals surface area contributed by atoms with Crippen LogP contribution in [0.5, 0.6) is 0 Å². The molecule has 0 radical (unpaired) electrons. The second kappa shape index (κ2) is 4.79. The van der Waals surface area contributed by atoms with E-state index in [1.165, 1.54) is 14.0 Å². The number of carbonyl (C=O) groups excluding carboxylic acids is 2. The molecule has 0 fully saturated rings. The molecule has 4 nitrogen and oxygen atoms in total. The fraction of sp³-hybridized carbons (Fsp3) is 0.600. The summed E-state index contributed by atoms with van der Waals surface area (Å²) < 4.78 is 9.61. The topological polar surface area (TPSA) is 52.6 Å². The fourth-order valence-corrected chi connectivity index (χ4v) is 1.51. The summed E-state index contributed by atoms with van der Waals surface area (Å²) in [5.41, 5.74) is 0. The van der Waals surface area contributed by atoms with Crippen molar-refractivity contribution >= 4 is 11.9 Å². The molecule has 4 heteroatoms. The van der Waals surface area contributed by atoms with Gasteiger partial charge in [-0.25, -0.2) is 0 Å². The summed E-state index contributed by atoms with van der Waals surface area (Å²) in [5, 5.41) is 0. The lowest BCUT2D eigenvalue weighted by Crippen LogP contribution is -2.26. The zero-order valence-corrected chi connectivity index (χ0v) is 8.36. The summed E-state index contributed by atoms with van der Waals surface area (Å²) in [6.07, 6.45) is 4.54. The second-order valence-electron chi connectivity index (χ2n) is 3.27. The number of hydrogen-bond acceptors (Lipinski definition) is 4. The highest BCUT2D eigenvalue weighted by atomic mass is 16.5. The van der Waals surface area contributed by atoms with Crippen LogP contribution in [-0.4, -0.2) is 25.2 Å². The Morgan fingerprint density at radius 3 is 2.71 bits per heavy atom. The number of esters is 2. The first-order valence-corrected chi connectivity index (χ1v) is 4.55. The molecule has 14 heavy (non-hydrogen) atoms. The SMILES string of the molecule is COC(=O)[C@H]1CC=C[C@H](OC(C)=O)C1. The zero-order valence-electron chi connectivity index (χ0n) is 8.36. The van der Waals surface area contributed by atoms with Gasteiger partial charge >= 0.3 is 11.9 Å². The third-order valence-electron chi connectivity index (χ3n) is 2.14. The first kappa shape index (κ1) is 10.8. The maximum Gasteiger partial charge on any atom is 0.309 e. The molecule has 0 unspecified atom stereocenters.